The van der Waals surface area contributed by atoms with Gasteiger partial charge in [0.15, 0.2) is 0 Å². The minimum Gasteiger partial charge on any atom is -0.352 e. The Bertz CT molecular complexity index is 289. The maximum absolute atomic E-state index is 9.53. The second kappa shape index (κ2) is 3.31. The third kappa shape index (κ3) is 1.71. The topological polar surface area (TPSA) is 52.5 Å². The first kappa shape index (κ1) is 9.02. The summed E-state index contributed by atoms with van der Waals surface area (Å²) >= 11 is 1.33. The molecular formula is C9H11NO2S. The van der Waals surface area contributed by atoms with Gasteiger partial charge in [-0.1, -0.05) is 42.3 Å². The van der Waals surface area contributed by atoms with Gasteiger partial charge >= 0.3 is 0 Å². The summed E-state index contributed by atoms with van der Waals surface area (Å²) in [5.41, 5.74) is 0.949. The van der Waals surface area contributed by atoms with E-state index in [0.717, 1.165) is 5.56 Å². The molecule has 4 heteroatoms. The Kier molecular flexibility index (Phi) is 2.29. The first-order valence-corrected chi connectivity index (χ1v) is 5.07. The number of hydrogen-bond donors (Lipinski definition) is 3. The fourth-order valence-corrected chi connectivity index (χ4v) is 2.46. The van der Waals surface area contributed by atoms with Gasteiger partial charge in [-0.15, -0.1) is 0 Å². The molecule has 2 rings (SSSR count). The SMILES string of the molecule is OC1(O)NSCC1c1ccccc1. The Labute approximate surface area is 80.9 Å². The highest BCUT2D eigenvalue weighted by Crippen LogP contribution is 2.34. The van der Waals surface area contributed by atoms with Gasteiger partial charge in [0.2, 0.25) is 5.91 Å². The molecule has 1 unspecified atom stereocenters. The lowest BCUT2D eigenvalue weighted by molar-refractivity contribution is -0.175. The zero-order valence-corrected chi connectivity index (χ0v) is 7.79. The molecule has 3 nitrogen and oxygen atoms in total. The number of hydrogen-bond acceptors (Lipinski definition) is 4. The number of nitrogens with one attached hydrogen (secondary N) is 1. The zero-order valence-electron chi connectivity index (χ0n) is 6.97. The van der Waals surface area contributed by atoms with E-state index in [4.69, 9.17) is 0 Å². The summed E-state index contributed by atoms with van der Waals surface area (Å²) in [4.78, 5) is 0. The van der Waals surface area contributed by atoms with E-state index < -0.39 is 5.91 Å². The Balaban J connectivity index is 2.27. The van der Waals surface area contributed by atoms with Crippen LogP contribution in [-0.2, 0) is 0 Å². The highest BCUT2D eigenvalue weighted by Gasteiger charge is 2.40. The van der Waals surface area contributed by atoms with Crippen molar-refractivity contribution in [1.82, 2.24) is 4.72 Å². The van der Waals surface area contributed by atoms with E-state index >= 15 is 0 Å². The van der Waals surface area contributed by atoms with Crippen LogP contribution in [0.4, 0.5) is 0 Å². The van der Waals surface area contributed by atoms with Gasteiger partial charge in [0, 0.05) is 5.75 Å². The molecular weight excluding hydrogens is 186 g/mol. The first-order chi connectivity index (χ1) is 6.20. The Morgan fingerprint density at radius 3 is 2.54 bits per heavy atom. The maximum Gasteiger partial charge on any atom is 0.239 e. The minimum atomic E-state index is -1.77. The van der Waals surface area contributed by atoms with Crippen LogP contribution in [0.15, 0.2) is 30.3 Å². The Hall–Kier alpha value is -0.550. The van der Waals surface area contributed by atoms with Crippen molar-refractivity contribution in [3.63, 3.8) is 0 Å². The molecule has 1 aliphatic rings. The molecule has 70 valence electrons. The molecule has 0 amide bonds. The van der Waals surface area contributed by atoms with Crippen LogP contribution in [0.3, 0.4) is 0 Å². The largest absolute Gasteiger partial charge is 0.352 e. The minimum absolute atomic E-state index is 0.251. The normalized spacial score (nSPS) is 26.2. The molecule has 0 aliphatic carbocycles. The van der Waals surface area contributed by atoms with Crippen molar-refractivity contribution in [3.05, 3.63) is 35.9 Å². The quantitative estimate of drug-likeness (QED) is 0.457. The summed E-state index contributed by atoms with van der Waals surface area (Å²) in [5, 5.41) is 19.1. The fraction of sp³-hybridized carbons (Fsp3) is 0.333. The Morgan fingerprint density at radius 1 is 1.31 bits per heavy atom. The molecule has 1 aromatic rings. The van der Waals surface area contributed by atoms with Crippen LogP contribution in [0.1, 0.15) is 11.5 Å². The summed E-state index contributed by atoms with van der Waals surface area (Å²) in [5.74, 6) is -1.35. The predicted octanol–water partition coefficient (Wildman–Crippen LogP) is 0.660. The Morgan fingerprint density at radius 2 is 2.00 bits per heavy atom. The van der Waals surface area contributed by atoms with Crippen LogP contribution in [0.5, 0.6) is 0 Å². The summed E-state index contributed by atoms with van der Waals surface area (Å²) in [6.45, 7) is 0. The van der Waals surface area contributed by atoms with Crippen LogP contribution in [-0.4, -0.2) is 21.9 Å². The molecule has 1 atom stereocenters. The van der Waals surface area contributed by atoms with Gasteiger partial charge in [-0.25, -0.2) is 4.72 Å². The zero-order chi connectivity index (χ0) is 9.31. The van der Waals surface area contributed by atoms with Crippen LogP contribution >= 0.6 is 11.9 Å². The molecule has 1 saturated heterocycles. The van der Waals surface area contributed by atoms with E-state index in [9.17, 15) is 10.2 Å². The third-order valence-electron chi connectivity index (χ3n) is 2.16. The molecule has 1 aliphatic heterocycles. The van der Waals surface area contributed by atoms with Crippen molar-refractivity contribution in [1.29, 1.82) is 0 Å². The van der Waals surface area contributed by atoms with Gasteiger partial charge in [-0.05, 0) is 5.56 Å². The van der Waals surface area contributed by atoms with Gasteiger partial charge < -0.3 is 10.2 Å². The molecule has 1 fully saturated rings. The van der Waals surface area contributed by atoms with Gasteiger partial charge in [-0.2, -0.15) is 0 Å². The van der Waals surface area contributed by atoms with Crippen molar-refractivity contribution >= 4 is 11.9 Å². The van der Waals surface area contributed by atoms with Crippen molar-refractivity contribution in [3.8, 4) is 0 Å². The van der Waals surface area contributed by atoms with E-state index in [1.165, 1.54) is 11.9 Å². The fourth-order valence-electron chi connectivity index (χ4n) is 1.43. The summed E-state index contributed by atoms with van der Waals surface area (Å²) in [6.07, 6.45) is 0. The van der Waals surface area contributed by atoms with E-state index in [2.05, 4.69) is 4.72 Å². The second-order valence-corrected chi connectivity index (χ2v) is 3.93. The lowest BCUT2D eigenvalue weighted by atomic mass is 9.98. The smallest absolute Gasteiger partial charge is 0.239 e. The molecule has 0 radical (unpaired) electrons. The van der Waals surface area contributed by atoms with E-state index in [0.29, 0.717) is 5.75 Å². The van der Waals surface area contributed by atoms with Gasteiger partial charge in [-0.3, -0.25) is 0 Å². The monoisotopic (exact) mass is 197 g/mol. The molecule has 0 saturated carbocycles. The highest BCUT2D eigenvalue weighted by molar-refractivity contribution is 7.97. The van der Waals surface area contributed by atoms with Crippen molar-refractivity contribution in [2.24, 2.45) is 0 Å². The summed E-state index contributed by atoms with van der Waals surface area (Å²) in [7, 11) is 0. The maximum atomic E-state index is 9.53. The van der Waals surface area contributed by atoms with Crippen LogP contribution in [0, 0.1) is 0 Å². The molecule has 0 spiro atoms. The molecule has 0 aromatic heterocycles. The van der Waals surface area contributed by atoms with Crippen molar-refractivity contribution in [2.45, 2.75) is 11.8 Å². The summed E-state index contributed by atoms with van der Waals surface area (Å²) in [6, 6.07) is 9.51. The van der Waals surface area contributed by atoms with Crippen LogP contribution < -0.4 is 4.72 Å². The van der Waals surface area contributed by atoms with Crippen LogP contribution in [0.2, 0.25) is 0 Å². The molecule has 1 heterocycles. The molecule has 3 N–H and O–H groups in total. The standard InChI is InChI=1S/C9H11NO2S/c11-9(12)8(6-13-10-9)7-4-2-1-3-5-7/h1-5,8,10-12H,6H2. The van der Waals surface area contributed by atoms with E-state index in [-0.39, 0.29) is 5.92 Å². The van der Waals surface area contributed by atoms with Gasteiger partial charge in [0.25, 0.3) is 0 Å². The highest BCUT2D eigenvalue weighted by atomic mass is 32.2. The molecule has 0 bridgehead atoms. The number of aliphatic hydroxyl groups is 2. The molecule has 1 aromatic carbocycles. The van der Waals surface area contributed by atoms with Gasteiger partial charge in [0.1, 0.15) is 0 Å². The van der Waals surface area contributed by atoms with E-state index in [1.807, 2.05) is 30.3 Å². The van der Waals surface area contributed by atoms with Crippen molar-refractivity contribution < 1.29 is 10.2 Å². The van der Waals surface area contributed by atoms with Gasteiger partial charge in [0.05, 0.1) is 5.92 Å². The number of rotatable bonds is 1. The lowest BCUT2D eigenvalue weighted by Gasteiger charge is -2.22. The average Bonchev–Trinajstić information content (AvgIpc) is 2.47. The van der Waals surface area contributed by atoms with Crippen molar-refractivity contribution in [2.75, 3.05) is 5.75 Å². The third-order valence-corrected chi connectivity index (χ3v) is 3.10. The van der Waals surface area contributed by atoms with E-state index in [1.54, 1.807) is 0 Å². The number of benzene rings is 1. The summed E-state index contributed by atoms with van der Waals surface area (Å²) < 4.78 is 2.57. The second-order valence-electron chi connectivity index (χ2n) is 3.10. The van der Waals surface area contributed by atoms with Crippen LogP contribution in [0.25, 0.3) is 0 Å². The average molecular weight is 197 g/mol. The predicted molar refractivity (Wildman–Crippen MR) is 51.9 cm³/mol. The first-order valence-electron chi connectivity index (χ1n) is 4.09. The lowest BCUT2D eigenvalue weighted by Crippen LogP contribution is -2.41. The molecule has 13 heavy (non-hydrogen) atoms.